The zero-order valence-electron chi connectivity index (χ0n) is 24.9. The van der Waals surface area contributed by atoms with Gasteiger partial charge in [0.2, 0.25) is 11.8 Å². The van der Waals surface area contributed by atoms with Gasteiger partial charge in [-0.2, -0.15) is 8.42 Å². The van der Waals surface area contributed by atoms with Crippen molar-refractivity contribution in [3.05, 3.63) is 71.8 Å². The molecule has 3 atom stereocenters. The van der Waals surface area contributed by atoms with Crippen LogP contribution in [0.4, 0.5) is 0 Å². The number of nitrogens with zero attached hydrogens (tertiary/aromatic N) is 1. The molecule has 0 aliphatic heterocycles. The van der Waals surface area contributed by atoms with Crippen molar-refractivity contribution in [2.75, 3.05) is 6.54 Å². The zero-order valence-corrected chi connectivity index (χ0v) is 25.7. The van der Waals surface area contributed by atoms with Crippen LogP contribution in [0.2, 0.25) is 0 Å². The van der Waals surface area contributed by atoms with E-state index >= 15 is 0 Å². The van der Waals surface area contributed by atoms with Crippen molar-refractivity contribution in [3.63, 3.8) is 0 Å². The first-order valence-electron chi connectivity index (χ1n) is 13.8. The Morgan fingerprint density at radius 3 is 2.05 bits per heavy atom. The summed E-state index contributed by atoms with van der Waals surface area (Å²) in [5, 5.41) is 10.5. The van der Waals surface area contributed by atoms with Gasteiger partial charge >= 0.3 is 0 Å². The number of hydrogen-bond acceptors (Lipinski definition) is 7. The van der Waals surface area contributed by atoms with E-state index in [1.165, 1.54) is 17.1 Å². The number of hydroxylamine groups is 1. The molecule has 6 N–H and O–H groups in total. The molecule has 12 heteroatoms. The van der Waals surface area contributed by atoms with E-state index in [-0.39, 0.29) is 17.2 Å². The molecule has 232 valence electrons. The SMILES string of the molecule is CCCN(NC(=O)[C@H](CC(C)C)[C@H](C/C=C/c1ccccc1)C(=O)NO)C(=O)[C@@H](C)N.Cc1ccc(S(=O)(=O)O)cc1. The maximum atomic E-state index is 13.2. The zero-order chi connectivity index (χ0) is 31.9. The van der Waals surface area contributed by atoms with Crippen LogP contribution in [0.15, 0.2) is 65.6 Å². The minimum Gasteiger partial charge on any atom is -0.320 e. The van der Waals surface area contributed by atoms with E-state index in [1.807, 2.05) is 70.2 Å². The summed E-state index contributed by atoms with van der Waals surface area (Å²) in [5.74, 6) is -2.91. The lowest BCUT2D eigenvalue weighted by molar-refractivity contribution is -0.147. The highest BCUT2D eigenvalue weighted by atomic mass is 32.2. The van der Waals surface area contributed by atoms with Gasteiger partial charge in [0.05, 0.1) is 22.8 Å². The molecule has 0 saturated carbocycles. The van der Waals surface area contributed by atoms with E-state index in [2.05, 4.69) is 5.43 Å². The first-order valence-corrected chi connectivity index (χ1v) is 15.2. The number of carbonyl (C=O) groups excluding carboxylic acids is 3. The summed E-state index contributed by atoms with van der Waals surface area (Å²) in [6, 6.07) is 14.8. The van der Waals surface area contributed by atoms with Crippen LogP contribution in [0.1, 0.15) is 58.1 Å². The minimum absolute atomic E-state index is 0.0666. The summed E-state index contributed by atoms with van der Waals surface area (Å²) in [6.45, 7) is 9.49. The predicted molar refractivity (Wildman–Crippen MR) is 161 cm³/mol. The van der Waals surface area contributed by atoms with Gasteiger partial charge in [-0.3, -0.25) is 34.6 Å². The highest BCUT2D eigenvalue weighted by Crippen LogP contribution is 2.25. The fourth-order valence-electron chi connectivity index (χ4n) is 4.03. The Labute approximate surface area is 248 Å². The second-order valence-electron chi connectivity index (χ2n) is 10.4. The largest absolute Gasteiger partial charge is 0.320 e. The van der Waals surface area contributed by atoms with Crippen LogP contribution >= 0.6 is 0 Å². The minimum atomic E-state index is -4.02. The topological polar surface area (TPSA) is 179 Å². The Balaban J connectivity index is 0.000000666. The van der Waals surface area contributed by atoms with Crippen LogP contribution in [0, 0.1) is 24.7 Å². The Morgan fingerprint density at radius 1 is 0.976 bits per heavy atom. The number of rotatable bonds is 12. The molecule has 42 heavy (non-hydrogen) atoms. The molecule has 0 fully saturated rings. The molecule has 0 aliphatic carbocycles. The number of amides is 3. The van der Waals surface area contributed by atoms with Gasteiger partial charge in [0, 0.05) is 6.54 Å². The van der Waals surface area contributed by atoms with E-state index in [1.54, 1.807) is 24.5 Å². The van der Waals surface area contributed by atoms with Crippen molar-refractivity contribution in [1.29, 1.82) is 0 Å². The van der Waals surface area contributed by atoms with Crippen molar-refractivity contribution in [1.82, 2.24) is 15.9 Å². The Kier molecular flexibility index (Phi) is 15.7. The van der Waals surface area contributed by atoms with Crippen molar-refractivity contribution in [3.8, 4) is 0 Å². The van der Waals surface area contributed by atoms with Crippen LogP contribution < -0.4 is 16.6 Å². The number of carbonyl (C=O) groups is 3. The summed E-state index contributed by atoms with van der Waals surface area (Å²) < 4.78 is 29.6. The lowest BCUT2D eigenvalue weighted by atomic mass is 9.82. The van der Waals surface area contributed by atoms with Gasteiger partial charge in [0.1, 0.15) is 0 Å². The third-order valence-corrected chi connectivity index (χ3v) is 7.03. The summed E-state index contributed by atoms with van der Waals surface area (Å²) in [6.07, 6.45) is 4.97. The smallest absolute Gasteiger partial charge is 0.294 e. The fraction of sp³-hybridized carbons (Fsp3) is 0.433. The van der Waals surface area contributed by atoms with Crippen molar-refractivity contribution in [2.45, 2.75) is 64.8 Å². The Bertz CT molecular complexity index is 1260. The maximum absolute atomic E-state index is 13.2. The predicted octanol–water partition coefficient (Wildman–Crippen LogP) is 3.73. The van der Waals surface area contributed by atoms with Gasteiger partial charge < -0.3 is 5.73 Å². The lowest BCUT2D eigenvalue weighted by Crippen LogP contribution is -2.54. The molecule has 0 spiro atoms. The highest BCUT2D eigenvalue weighted by Gasteiger charge is 2.35. The van der Waals surface area contributed by atoms with Gasteiger partial charge in [-0.1, -0.05) is 81.0 Å². The number of allylic oxidation sites excluding steroid dienone is 1. The van der Waals surface area contributed by atoms with Crippen molar-refractivity contribution in [2.24, 2.45) is 23.5 Å². The van der Waals surface area contributed by atoms with Gasteiger partial charge in [0.25, 0.3) is 16.0 Å². The molecule has 0 radical (unpaired) electrons. The van der Waals surface area contributed by atoms with Gasteiger partial charge in [0.15, 0.2) is 0 Å². The molecule has 2 rings (SSSR count). The molecule has 0 unspecified atom stereocenters. The van der Waals surface area contributed by atoms with Crippen LogP contribution in [0.25, 0.3) is 6.08 Å². The van der Waals surface area contributed by atoms with Crippen LogP contribution in [-0.4, -0.2) is 53.5 Å². The number of aryl methyl sites for hydroxylation is 1. The Hall–Kier alpha value is -3.58. The highest BCUT2D eigenvalue weighted by molar-refractivity contribution is 7.85. The first kappa shape index (κ1) is 36.4. The van der Waals surface area contributed by atoms with Crippen molar-refractivity contribution >= 4 is 33.9 Å². The Morgan fingerprint density at radius 2 is 1.57 bits per heavy atom. The quantitative estimate of drug-likeness (QED) is 0.138. The maximum Gasteiger partial charge on any atom is 0.294 e. The average Bonchev–Trinajstić information content (AvgIpc) is 2.93. The number of hydrazine groups is 1. The molecule has 0 aromatic heterocycles. The fourth-order valence-corrected chi connectivity index (χ4v) is 4.51. The second kappa shape index (κ2) is 18.1. The third-order valence-electron chi connectivity index (χ3n) is 6.16. The number of hydrogen-bond donors (Lipinski definition) is 5. The average molecular weight is 605 g/mol. The van der Waals surface area contributed by atoms with Crippen LogP contribution in [0.3, 0.4) is 0 Å². The summed E-state index contributed by atoms with van der Waals surface area (Å²) >= 11 is 0. The van der Waals surface area contributed by atoms with Gasteiger partial charge in [-0.05, 0) is 56.7 Å². The van der Waals surface area contributed by atoms with Crippen LogP contribution in [-0.2, 0) is 24.5 Å². The number of nitrogens with two attached hydrogens (primary N) is 1. The molecule has 11 nitrogen and oxygen atoms in total. The van der Waals surface area contributed by atoms with Crippen LogP contribution in [0.5, 0.6) is 0 Å². The van der Waals surface area contributed by atoms with E-state index in [4.69, 9.17) is 10.3 Å². The number of benzene rings is 2. The molecule has 3 amide bonds. The van der Waals surface area contributed by atoms with E-state index in [0.29, 0.717) is 19.4 Å². The molecule has 0 heterocycles. The van der Waals surface area contributed by atoms with Gasteiger partial charge in [-0.15, -0.1) is 0 Å². The summed E-state index contributed by atoms with van der Waals surface area (Å²) in [7, 11) is -4.02. The molecule has 0 saturated heterocycles. The van der Waals surface area contributed by atoms with Gasteiger partial charge in [-0.25, -0.2) is 5.48 Å². The molecule has 2 aromatic rings. The van der Waals surface area contributed by atoms with E-state index in [0.717, 1.165) is 11.1 Å². The monoisotopic (exact) mass is 604 g/mol. The number of nitrogens with one attached hydrogen (secondary N) is 2. The normalized spacial score (nSPS) is 13.5. The summed E-state index contributed by atoms with van der Waals surface area (Å²) in [4.78, 5) is 37.9. The van der Waals surface area contributed by atoms with Crippen molar-refractivity contribution < 1.29 is 32.6 Å². The molecular weight excluding hydrogens is 560 g/mol. The third kappa shape index (κ3) is 12.9. The summed E-state index contributed by atoms with van der Waals surface area (Å²) in [5.41, 5.74) is 12.0. The second-order valence-corrected chi connectivity index (χ2v) is 11.8. The molecule has 2 aromatic carbocycles. The standard InChI is InChI=1S/C23H36N4O4.C7H8O3S/c1-5-14-27(23(30)17(4)24)25-21(28)20(15-16(2)3)19(22(29)26-31)13-9-12-18-10-7-6-8-11-18;1-6-2-4-7(5-3-6)11(8,9)10/h6-12,16-17,19-20,31H,5,13-15,24H2,1-4H3,(H,25,28)(H,26,29);2-5H,1H3,(H,8,9,10)/b12-9+;/t17-,19+,20-;/m1./s1. The molecule has 0 aliphatic rings. The first-order chi connectivity index (χ1) is 19.7. The molecular formula is C30H44N4O7S. The van der Waals surface area contributed by atoms with E-state index in [9.17, 15) is 28.0 Å². The van der Waals surface area contributed by atoms with E-state index < -0.39 is 45.7 Å². The molecule has 0 bridgehead atoms. The lowest BCUT2D eigenvalue weighted by Gasteiger charge is -2.30.